The van der Waals surface area contributed by atoms with E-state index in [0.29, 0.717) is 19.0 Å². The molecule has 4 aromatic heterocycles. The lowest BCUT2D eigenvalue weighted by Gasteiger charge is -2.26. The summed E-state index contributed by atoms with van der Waals surface area (Å²) in [7, 11) is 0. The van der Waals surface area contributed by atoms with E-state index in [1.54, 1.807) is 29.8 Å². The Balaban J connectivity index is 1.13. The predicted molar refractivity (Wildman–Crippen MR) is 144 cm³/mol. The van der Waals surface area contributed by atoms with Crippen LogP contribution in [0.15, 0.2) is 65.3 Å². The molecule has 1 aromatic carbocycles. The first-order valence-corrected chi connectivity index (χ1v) is 13.1. The van der Waals surface area contributed by atoms with Gasteiger partial charge in [-0.15, -0.1) is 22.7 Å². The van der Waals surface area contributed by atoms with E-state index < -0.39 is 0 Å². The number of ether oxygens (including phenoxy) is 1. The van der Waals surface area contributed by atoms with Crippen molar-refractivity contribution in [2.45, 2.75) is 19.1 Å². The Morgan fingerprint density at radius 2 is 2.08 bits per heavy atom. The van der Waals surface area contributed by atoms with E-state index in [0.717, 1.165) is 31.1 Å². The summed E-state index contributed by atoms with van der Waals surface area (Å²) in [6.07, 6.45) is 4.82. The maximum absolute atomic E-state index is 13.1. The summed E-state index contributed by atoms with van der Waals surface area (Å²) in [4.78, 5) is 39.4. The van der Waals surface area contributed by atoms with Gasteiger partial charge in [-0.2, -0.15) is 0 Å². The van der Waals surface area contributed by atoms with Crippen molar-refractivity contribution in [2.75, 3.05) is 17.7 Å². The van der Waals surface area contributed by atoms with Gasteiger partial charge in [0.05, 0.1) is 12.6 Å². The van der Waals surface area contributed by atoms with Crippen LogP contribution < -0.4 is 26.7 Å². The third kappa shape index (κ3) is 4.76. The molecule has 10 nitrogen and oxygen atoms in total. The molecule has 1 amide bonds. The second-order valence-electron chi connectivity index (χ2n) is 8.46. The minimum Gasteiger partial charge on any atom is -0.473 e. The quantitative estimate of drug-likeness (QED) is 0.303. The van der Waals surface area contributed by atoms with E-state index in [1.165, 1.54) is 22.2 Å². The lowest BCUT2D eigenvalue weighted by Crippen LogP contribution is -2.36. The largest absolute Gasteiger partial charge is 0.473 e. The van der Waals surface area contributed by atoms with Crippen LogP contribution >= 0.6 is 22.7 Å². The minimum absolute atomic E-state index is 0.159. The molecule has 0 fully saturated rings. The summed E-state index contributed by atoms with van der Waals surface area (Å²) in [5.74, 6) is 0.386. The highest BCUT2D eigenvalue weighted by molar-refractivity contribution is 7.19. The van der Waals surface area contributed by atoms with Crippen molar-refractivity contribution in [3.63, 3.8) is 0 Å². The Morgan fingerprint density at radius 3 is 2.89 bits per heavy atom. The number of hydrogen-bond donors (Lipinski definition) is 3. The normalized spacial score (nSPS) is 14.5. The van der Waals surface area contributed by atoms with E-state index in [1.807, 2.05) is 35.7 Å². The van der Waals surface area contributed by atoms with Crippen molar-refractivity contribution in [3.8, 4) is 16.5 Å². The molecule has 186 valence electrons. The van der Waals surface area contributed by atoms with Crippen molar-refractivity contribution >= 4 is 50.2 Å². The van der Waals surface area contributed by atoms with Crippen LogP contribution in [0.25, 0.3) is 20.7 Å². The van der Waals surface area contributed by atoms with Crippen molar-refractivity contribution in [1.29, 1.82) is 0 Å². The van der Waals surface area contributed by atoms with Crippen LogP contribution in [0.1, 0.15) is 16.5 Å². The average Bonchev–Trinajstić information content (AvgIpc) is 3.59. The highest BCUT2D eigenvalue weighted by atomic mass is 32.1. The molecule has 1 aliphatic rings. The summed E-state index contributed by atoms with van der Waals surface area (Å²) < 4.78 is 8.04. The van der Waals surface area contributed by atoms with Crippen molar-refractivity contribution in [2.24, 2.45) is 0 Å². The number of thiophene rings is 1. The number of hydrogen-bond acceptors (Lipinski definition) is 10. The fourth-order valence-electron chi connectivity index (χ4n) is 4.09. The van der Waals surface area contributed by atoms with E-state index in [-0.39, 0.29) is 35.6 Å². The first-order chi connectivity index (χ1) is 18.0. The number of rotatable bonds is 6. The van der Waals surface area contributed by atoms with Gasteiger partial charge >= 0.3 is 0 Å². The van der Waals surface area contributed by atoms with Gasteiger partial charge in [0.1, 0.15) is 30.3 Å². The fourth-order valence-corrected chi connectivity index (χ4v) is 5.75. The summed E-state index contributed by atoms with van der Waals surface area (Å²) >= 11 is 3.11. The Morgan fingerprint density at radius 1 is 1.22 bits per heavy atom. The zero-order valence-electron chi connectivity index (χ0n) is 19.4. The Bertz CT molecular complexity index is 1650. The van der Waals surface area contributed by atoms with Gasteiger partial charge in [0.2, 0.25) is 11.8 Å². The van der Waals surface area contributed by atoms with Crippen molar-refractivity contribution < 1.29 is 9.53 Å². The molecular formula is C25H21N7O3S2. The molecular weight excluding hydrogens is 510 g/mol. The number of nitrogens with two attached hydrogens (primary N) is 1. The SMILES string of the molecule is Nc1cc2sc(CNC(=O)Cn3cnc4c(c3=O)N[C@H](c3ccc(-c5nccs5)cc3)CO4)cc2cn1. The number of nitrogens with zero attached hydrogens (tertiary/aromatic N) is 4. The molecule has 5 heterocycles. The molecule has 0 spiro atoms. The minimum atomic E-state index is -0.368. The lowest BCUT2D eigenvalue weighted by atomic mass is 10.0. The topological polar surface area (TPSA) is 137 Å². The molecule has 0 radical (unpaired) electrons. The van der Waals surface area contributed by atoms with E-state index in [4.69, 9.17) is 10.5 Å². The molecule has 0 aliphatic carbocycles. The molecule has 37 heavy (non-hydrogen) atoms. The Kier molecular flexibility index (Phi) is 6.02. The summed E-state index contributed by atoms with van der Waals surface area (Å²) in [5, 5.41) is 9.96. The molecule has 0 saturated heterocycles. The molecule has 1 atom stereocenters. The number of amides is 1. The number of pyridine rings is 1. The van der Waals surface area contributed by atoms with Gasteiger partial charge in [0.15, 0.2) is 5.69 Å². The molecule has 6 rings (SSSR count). The van der Waals surface area contributed by atoms with Crippen LogP contribution in [-0.2, 0) is 17.9 Å². The highest BCUT2D eigenvalue weighted by Crippen LogP contribution is 2.31. The van der Waals surface area contributed by atoms with Crippen LogP contribution in [0.3, 0.4) is 0 Å². The van der Waals surface area contributed by atoms with Gasteiger partial charge < -0.3 is 21.1 Å². The van der Waals surface area contributed by atoms with Gasteiger partial charge in [-0.3, -0.25) is 14.2 Å². The van der Waals surface area contributed by atoms with Crippen LogP contribution in [0.4, 0.5) is 11.5 Å². The van der Waals surface area contributed by atoms with Gasteiger partial charge in [-0.1, -0.05) is 24.3 Å². The highest BCUT2D eigenvalue weighted by Gasteiger charge is 2.25. The van der Waals surface area contributed by atoms with E-state index in [9.17, 15) is 9.59 Å². The fraction of sp³-hybridized carbons (Fsp3) is 0.160. The van der Waals surface area contributed by atoms with Gasteiger partial charge in [-0.25, -0.2) is 15.0 Å². The van der Waals surface area contributed by atoms with Gasteiger partial charge in [0, 0.05) is 38.3 Å². The van der Waals surface area contributed by atoms with Crippen LogP contribution in [0.2, 0.25) is 0 Å². The standard InChI is InChI=1S/C25H21N7O3S2/c26-20-8-19-16(9-28-20)7-17(37-19)10-29-21(33)11-32-13-30-23-22(25(32)34)31-18(12-35-23)14-1-3-15(4-2-14)24-27-5-6-36-24/h1-9,13,18,31H,10-12H2,(H2,26,28)(H,29,33)/t18-/m0/s1. The van der Waals surface area contributed by atoms with Crippen molar-refractivity contribution in [3.05, 3.63) is 81.3 Å². The van der Waals surface area contributed by atoms with Gasteiger partial charge in [0.25, 0.3) is 5.56 Å². The van der Waals surface area contributed by atoms with Crippen LogP contribution in [0, 0.1) is 0 Å². The molecule has 12 heteroatoms. The Hall–Kier alpha value is -4.29. The zero-order chi connectivity index (χ0) is 25.4. The third-order valence-electron chi connectivity index (χ3n) is 5.95. The smallest absolute Gasteiger partial charge is 0.281 e. The molecule has 1 aliphatic heterocycles. The average molecular weight is 532 g/mol. The number of fused-ring (bicyclic) bond motifs is 2. The number of benzene rings is 1. The second-order valence-corrected chi connectivity index (χ2v) is 10.5. The summed E-state index contributed by atoms with van der Waals surface area (Å²) in [6.45, 7) is 0.510. The van der Waals surface area contributed by atoms with Crippen LogP contribution in [0.5, 0.6) is 5.88 Å². The number of nitrogens with one attached hydrogen (secondary N) is 2. The number of carbonyl (C=O) groups is 1. The maximum Gasteiger partial charge on any atom is 0.281 e. The van der Waals surface area contributed by atoms with E-state index >= 15 is 0 Å². The number of thiazole rings is 1. The summed E-state index contributed by atoms with van der Waals surface area (Å²) in [5.41, 5.74) is 7.62. The molecule has 0 unspecified atom stereocenters. The maximum atomic E-state index is 13.1. The summed E-state index contributed by atoms with van der Waals surface area (Å²) in [6, 6.07) is 11.5. The van der Waals surface area contributed by atoms with Crippen LogP contribution in [-0.4, -0.2) is 32.0 Å². The third-order valence-corrected chi connectivity index (χ3v) is 7.87. The van der Waals surface area contributed by atoms with E-state index in [2.05, 4.69) is 25.6 Å². The molecule has 0 bridgehead atoms. The molecule has 0 saturated carbocycles. The monoisotopic (exact) mass is 531 g/mol. The zero-order valence-corrected chi connectivity index (χ0v) is 21.0. The first kappa shape index (κ1) is 23.1. The Labute approximate surface area is 218 Å². The van der Waals surface area contributed by atoms with Gasteiger partial charge in [-0.05, 0) is 17.7 Å². The molecule has 4 N–H and O–H groups in total. The van der Waals surface area contributed by atoms with Crippen molar-refractivity contribution in [1.82, 2.24) is 24.8 Å². The number of aromatic nitrogens is 4. The number of carbonyl (C=O) groups excluding carboxylic acids is 1. The number of anilines is 2. The first-order valence-electron chi connectivity index (χ1n) is 11.4. The number of nitrogen functional groups attached to an aromatic ring is 1. The molecule has 5 aromatic rings. The second kappa shape index (κ2) is 9.64. The predicted octanol–water partition coefficient (Wildman–Crippen LogP) is 3.42. The lowest BCUT2D eigenvalue weighted by molar-refractivity contribution is -0.121.